The minimum absolute atomic E-state index is 0.133. The number of thioether (sulfide) groups is 1. The third kappa shape index (κ3) is 3.21. The molecule has 2 rings (SSSR count). The van der Waals surface area contributed by atoms with Gasteiger partial charge in [0.2, 0.25) is 0 Å². The molecular formula is C11H8Cl2F3N3S. The van der Waals surface area contributed by atoms with Gasteiger partial charge < -0.3 is 0 Å². The molecule has 0 aliphatic rings. The van der Waals surface area contributed by atoms with Crippen molar-refractivity contribution in [2.24, 2.45) is 0 Å². The normalized spacial score (nSPS) is 11.9. The second-order valence-electron chi connectivity index (χ2n) is 3.84. The molecule has 0 saturated carbocycles. The van der Waals surface area contributed by atoms with Crippen molar-refractivity contribution in [1.29, 1.82) is 0 Å². The highest BCUT2D eigenvalue weighted by molar-refractivity contribution is 7.97. The van der Waals surface area contributed by atoms with Gasteiger partial charge in [-0.25, -0.2) is 0 Å². The molecule has 3 nitrogen and oxygen atoms in total. The van der Waals surface area contributed by atoms with Crippen molar-refractivity contribution >= 4 is 35.0 Å². The van der Waals surface area contributed by atoms with Gasteiger partial charge in [0.05, 0.1) is 27.5 Å². The van der Waals surface area contributed by atoms with Crippen LogP contribution in [0, 0.1) is 0 Å². The summed E-state index contributed by atoms with van der Waals surface area (Å²) in [6.45, 7) is 0. The first-order valence-electron chi connectivity index (χ1n) is 5.29. The minimum Gasteiger partial charge on any atom is -0.166 e. The molecule has 0 aliphatic heterocycles. The van der Waals surface area contributed by atoms with E-state index in [0.29, 0.717) is 11.4 Å². The molecule has 0 amide bonds. The molecule has 0 atom stereocenters. The fraction of sp³-hybridized carbons (Fsp3) is 0.273. The summed E-state index contributed by atoms with van der Waals surface area (Å²) in [5.41, 5.74) is -0.0917. The zero-order valence-electron chi connectivity index (χ0n) is 10.1. The highest BCUT2D eigenvalue weighted by Crippen LogP contribution is 2.37. The molecule has 2 aromatic rings. The van der Waals surface area contributed by atoms with Crippen LogP contribution in [0.2, 0.25) is 10.0 Å². The second kappa shape index (κ2) is 5.83. The van der Waals surface area contributed by atoms with Gasteiger partial charge >= 0.3 is 6.18 Å². The number of halogens is 5. The van der Waals surface area contributed by atoms with Crippen molar-refractivity contribution in [3.63, 3.8) is 0 Å². The third-order valence-electron chi connectivity index (χ3n) is 2.38. The minimum atomic E-state index is -4.51. The Labute approximate surface area is 127 Å². The van der Waals surface area contributed by atoms with Crippen molar-refractivity contribution in [3.8, 4) is 5.69 Å². The van der Waals surface area contributed by atoms with E-state index in [2.05, 4.69) is 10.2 Å². The number of rotatable bonds is 3. The van der Waals surface area contributed by atoms with Gasteiger partial charge in [-0.2, -0.15) is 35.1 Å². The molecule has 0 bridgehead atoms. The summed E-state index contributed by atoms with van der Waals surface area (Å²) in [4.78, 5) is 1.14. The van der Waals surface area contributed by atoms with Crippen LogP contribution in [0.3, 0.4) is 0 Å². The summed E-state index contributed by atoms with van der Waals surface area (Å²) in [6, 6.07) is 1.61. The maximum absolute atomic E-state index is 12.6. The Morgan fingerprint density at radius 3 is 2.35 bits per heavy atom. The fourth-order valence-corrected chi connectivity index (χ4v) is 2.60. The molecule has 0 radical (unpaired) electrons. The van der Waals surface area contributed by atoms with Crippen molar-refractivity contribution < 1.29 is 13.2 Å². The van der Waals surface area contributed by atoms with Crippen molar-refractivity contribution in [2.75, 3.05) is 6.26 Å². The summed E-state index contributed by atoms with van der Waals surface area (Å²) < 4.78 is 37.9. The van der Waals surface area contributed by atoms with Gasteiger partial charge in [-0.3, -0.25) is 0 Å². The Morgan fingerprint density at radius 2 is 1.85 bits per heavy atom. The molecule has 0 fully saturated rings. The van der Waals surface area contributed by atoms with Crippen molar-refractivity contribution in [3.05, 3.63) is 39.6 Å². The summed E-state index contributed by atoms with van der Waals surface area (Å²) in [5, 5.41) is 7.77. The number of aromatic nitrogens is 3. The largest absolute Gasteiger partial charge is 0.416 e. The van der Waals surface area contributed by atoms with E-state index in [-0.39, 0.29) is 15.7 Å². The Balaban J connectivity index is 2.46. The monoisotopic (exact) mass is 341 g/mol. The zero-order valence-corrected chi connectivity index (χ0v) is 12.4. The van der Waals surface area contributed by atoms with Crippen LogP contribution in [0.15, 0.2) is 18.3 Å². The highest BCUT2D eigenvalue weighted by Gasteiger charge is 2.32. The molecule has 0 saturated heterocycles. The van der Waals surface area contributed by atoms with E-state index < -0.39 is 11.7 Å². The Morgan fingerprint density at radius 1 is 1.25 bits per heavy atom. The zero-order chi connectivity index (χ0) is 14.9. The molecule has 0 spiro atoms. The average Bonchev–Trinajstić information content (AvgIpc) is 2.76. The molecule has 108 valence electrons. The van der Waals surface area contributed by atoms with Crippen LogP contribution in [0.4, 0.5) is 13.2 Å². The maximum atomic E-state index is 12.6. The van der Waals surface area contributed by atoms with Gasteiger partial charge in [0.25, 0.3) is 0 Å². The lowest BCUT2D eigenvalue weighted by atomic mass is 10.2. The van der Waals surface area contributed by atoms with Gasteiger partial charge in [0, 0.05) is 5.75 Å². The van der Waals surface area contributed by atoms with Crippen LogP contribution < -0.4 is 0 Å². The summed E-state index contributed by atoms with van der Waals surface area (Å²) >= 11 is 13.3. The molecule has 20 heavy (non-hydrogen) atoms. The van der Waals surface area contributed by atoms with Gasteiger partial charge in [-0.1, -0.05) is 23.2 Å². The molecular weight excluding hydrogens is 334 g/mol. The predicted octanol–water partition coefficient (Wildman–Crippen LogP) is 4.46. The van der Waals surface area contributed by atoms with Crippen LogP contribution in [0.5, 0.6) is 0 Å². The second-order valence-corrected chi connectivity index (χ2v) is 5.53. The van der Waals surface area contributed by atoms with E-state index in [0.717, 1.165) is 16.9 Å². The number of benzene rings is 1. The molecule has 0 unspecified atom stereocenters. The quantitative estimate of drug-likeness (QED) is 0.825. The maximum Gasteiger partial charge on any atom is 0.416 e. The van der Waals surface area contributed by atoms with Crippen molar-refractivity contribution in [2.45, 2.75) is 11.9 Å². The third-order valence-corrected chi connectivity index (χ3v) is 3.54. The smallest absolute Gasteiger partial charge is 0.166 e. The van der Waals surface area contributed by atoms with E-state index >= 15 is 0 Å². The van der Waals surface area contributed by atoms with Crippen LogP contribution >= 0.6 is 35.0 Å². The van der Waals surface area contributed by atoms with Gasteiger partial charge in [0.15, 0.2) is 0 Å². The van der Waals surface area contributed by atoms with Gasteiger partial charge in [-0.15, -0.1) is 4.80 Å². The number of hydrogen-bond donors (Lipinski definition) is 0. The first-order valence-corrected chi connectivity index (χ1v) is 7.44. The molecule has 0 aliphatic carbocycles. The molecule has 1 aromatic heterocycles. The van der Waals surface area contributed by atoms with E-state index in [1.165, 1.54) is 6.20 Å². The van der Waals surface area contributed by atoms with Crippen LogP contribution in [0.1, 0.15) is 11.3 Å². The van der Waals surface area contributed by atoms with Gasteiger partial charge in [0.1, 0.15) is 5.69 Å². The molecule has 0 N–H and O–H groups in total. The summed E-state index contributed by atoms with van der Waals surface area (Å²) in [7, 11) is 0. The van der Waals surface area contributed by atoms with E-state index in [4.69, 9.17) is 23.2 Å². The fourth-order valence-electron chi connectivity index (χ4n) is 1.54. The lowest BCUT2D eigenvalue weighted by Gasteiger charge is -2.11. The summed E-state index contributed by atoms with van der Waals surface area (Å²) in [6.07, 6.45) is -1.09. The Kier molecular flexibility index (Phi) is 4.51. The number of hydrogen-bond acceptors (Lipinski definition) is 3. The SMILES string of the molecule is CSCc1cnn(-c2c(Cl)cc(C(F)(F)F)cc2Cl)n1. The Bertz CT molecular complexity index is 605. The van der Waals surface area contributed by atoms with Crippen LogP contribution in [0.25, 0.3) is 5.69 Å². The topological polar surface area (TPSA) is 30.7 Å². The van der Waals surface area contributed by atoms with E-state index in [9.17, 15) is 13.2 Å². The molecule has 9 heteroatoms. The molecule has 1 aromatic carbocycles. The van der Waals surface area contributed by atoms with Gasteiger partial charge in [-0.05, 0) is 18.4 Å². The van der Waals surface area contributed by atoms with Crippen LogP contribution in [-0.4, -0.2) is 21.2 Å². The van der Waals surface area contributed by atoms with Crippen molar-refractivity contribution in [1.82, 2.24) is 15.0 Å². The highest BCUT2D eigenvalue weighted by atomic mass is 35.5. The number of nitrogens with zero attached hydrogens (tertiary/aromatic N) is 3. The lowest BCUT2D eigenvalue weighted by Crippen LogP contribution is -2.08. The number of alkyl halides is 3. The molecule has 1 heterocycles. The first-order chi connectivity index (χ1) is 9.32. The first kappa shape index (κ1) is 15.5. The predicted molar refractivity (Wildman–Crippen MR) is 73.6 cm³/mol. The van der Waals surface area contributed by atoms with Crippen LogP contribution in [-0.2, 0) is 11.9 Å². The Hall–Kier alpha value is -0.920. The van der Waals surface area contributed by atoms with E-state index in [1.807, 2.05) is 6.26 Å². The lowest BCUT2D eigenvalue weighted by molar-refractivity contribution is -0.137. The summed E-state index contributed by atoms with van der Waals surface area (Å²) in [5.74, 6) is 0.635. The average molecular weight is 342 g/mol. The standard InChI is InChI=1S/C11H8Cl2F3N3S/c1-20-5-7-4-17-19(18-7)10-8(12)2-6(3-9(10)13)11(14,15)16/h2-4H,5H2,1H3. The van der Waals surface area contributed by atoms with E-state index in [1.54, 1.807) is 11.8 Å².